The number of nitrogen functional groups attached to an aromatic ring is 1. The molecule has 4 rings (SSSR count). The maximum Gasteiger partial charge on any atom is 0.335 e. The van der Waals surface area contributed by atoms with Gasteiger partial charge in [-0.15, -0.1) is 0 Å². The van der Waals surface area contributed by atoms with Crippen molar-refractivity contribution in [1.82, 2.24) is 19.7 Å². The molecular formula is C20H19F2N5O2. The lowest BCUT2D eigenvalue weighted by Gasteiger charge is -2.10. The van der Waals surface area contributed by atoms with Crippen molar-refractivity contribution in [2.45, 2.75) is 38.7 Å². The second-order valence-electron chi connectivity index (χ2n) is 7.18. The molecule has 9 heteroatoms. The van der Waals surface area contributed by atoms with Gasteiger partial charge in [0.25, 0.3) is 0 Å². The fraction of sp³-hybridized carbons (Fsp3) is 0.300. The second-order valence-corrected chi connectivity index (χ2v) is 7.18. The number of rotatable bonds is 6. The number of hydrogen-bond acceptors (Lipinski definition) is 5. The number of hydrogen-bond donors (Lipinski definition) is 2. The highest BCUT2D eigenvalue weighted by molar-refractivity contribution is 5.88. The van der Waals surface area contributed by atoms with Gasteiger partial charge in [-0.1, -0.05) is 6.07 Å². The quantitative estimate of drug-likeness (QED) is 0.653. The van der Waals surface area contributed by atoms with E-state index < -0.39 is 12.5 Å². The van der Waals surface area contributed by atoms with Crippen LogP contribution in [0.3, 0.4) is 0 Å². The molecule has 1 aliphatic carbocycles. The summed E-state index contributed by atoms with van der Waals surface area (Å²) in [6.45, 7) is -1.08. The molecule has 0 unspecified atom stereocenters. The minimum atomic E-state index is -2.81. The largest absolute Gasteiger partial charge is 0.478 e. The fourth-order valence-electron chi connectivity index (χ4n) is 3.48. The van der Waals surface area contributed by atoms with Crippen molar-refractivity contribution in [3.05, 3.63) is 58.4 Å². The molecule has 1 fully saturated rings. The lowest BCUT2D eigenvalue weighted by atomic mass is 9.94. The molecule has 0 bridgehead atoms. The molecule has 29 heavy (non-hydrogen) atoms. The highest BCUT2D eigenvalue weighted by atomic mass is 19.3. The number of anilines is 1. The number of aromatic carboxylic acids is 1. The average molecular weight is 399 g/mol. The van der Waals surface area contributed by atoms with Crippen LogP contribution in [-0.2, 0) is 6.42 Å². The van der Waals surface area contributed by atoms with Gasteiger partial charge >= 0.3 is 12.5 Å². The van der Waals surface area contributed by atoms with Crippen LogP contribution in [-0.4, -0.2) is 30.8 Å². The monoisotopic (exact) mass is 399 g/mol. The van der Waals surface area contributed by atoms with E-state index in [-0.39, 0.29) is 23.6 Å². The molecule has 0 amide bonds. The molecule has 7 nitrogen and oxygen atoms in total. The predicted octanol–water partition coefficient (Wildman–Crippen LogP) is 3.79. The van der Waals surface area contributed by atoms with E-state index in [1.807, 2.05) is 6.07 Å². The van der Waals surface area contributed by atoms with Gasteiger partial charge in [0.15, 0.2) is 0 Å². The number of nitrogens with two attached hydrogens (primary N) is 1. The molecule has 1 saturated carbocycles. The summed E-state index contributed by atoms with van der Waals surface area (Å²) in [5, 5.41) is 13.4. The highest BCUT2D eigenvalue weighted by Crippen LogP contribution is 2.42. The molecule has 0 atom stereocenters. The van der Waals surface area contributed by atoms with Gasteiger partial charge in [0, 0.05) is 23.9 Å². The molecule has 0 radical (unpaired) electrons. The van der Waals surface area contributed by atoms with E-state index in [1.165, 1.54) is 6.20 Å². The molecule has 2 heterocycles. The van der Waals surface area contributed by atoms with E-state index in [0.29, 0.717) is 27.6 Å². The molecule has 0 saturated heterocycles. The molecule has 0 aliphatic heterocycles. The SMILES string of the molecule is Cc1cc(-c2nn(C(F)F)cc2Cc2cc(C(=O)O)ccc2C2CC2)nc(N)n1. The van der Waals surface area contributed by atoms with Gasteiger partial charge in [-0.05, 0) is 55.0 Å². The van der Waals surface area contributed by atoms with Crippen molar-refractivity contribution in [1.29, 1.82) is 0 Å². The topological polar surface area (TPSA) is 107 Å². The smallest absolute Gasteiger partial charge is 0.335 e. The van der Waals surface area contributed by atoms with Crippen LogP contribution >= 0.6 is 0 Å². The third-order valence-electron chi connectivity index (χ3n) is 4.91. The molecule has 2 aromatic heterocycles. The Morgan fingerprint density at radius 2 is 2.03 bits per heavy atom. The molecule has 1 aliphatic rings. The van der Waals surface area contributed by atoms with Crippen LogP contribution in [0.5, 0.6) is 0 Å². The lowest BCUT2D eigenvalue weighted by Crippen LogP contribution is -2.03. The third kappa shape index (κ3) is 3.94. The molecule has 3 aromatic rings. The summed E-state index contributed by atoms with van der Waals surface area (Å²) in [4.78, 5) is 19.6. The van der Waals surface area contributed by atoms with Gasteiger partial charge in [0.05, 0.1) is 11.3 Å². The van der Waals surface area contributed by atoms with E-state index in [1.54, 1.807) is 25.1 Å². The Bertz CT molecular complexity index is 1070. The standard InChI is InChI=1S/C20H19F2N5O2/c1-10-6-16(25-20(23)24-10)17-14(9-27(26-17)19(21)22)8-13-7-12(18(28)29)4-5-15(13)11-2-3-11/h4-7,9,11,19H,2-3,8H2,1H3,(H,28,29)(H2,23,24,25). The summed E-state index contributed by atoms with van der Waals surface area (Å²) >= 11 is 0. The first kappa shape index (κ1) is 19.0. The Kier molecular flexibility index (Phi) is 4.73. The van der Waals surface area contributed by atoms with E-state index in [4.69, 9.17) is 5.73 Å². The van der Waals surface area contributed by atoms with Gasteiger partial charge in [-0.2, -0.15) is 13.9 Å². The van der Waals surface area contributed by atoms with E-state index in [9.17, 15) is 18.7 Å². The second kappa shape index (κ2) is 7.23. The first-order valence-corrected chi connectivity index (χ1v) is 9.15. The number of nitrogens with zero attached hydrogens (tertiary/aromatic N) is 4. The zero-order valence-electron chi connectivity index (χ0n) is 15.6. The van der Waals surface area contributed by atoms with Crippen molar-refractivity contribution in [2.24, 2.45) is 0 Å². The number of carboxylic acid groups (broad SMARTS) is 1. The van der Waals surface area contributed by atoms with E-state index in [2.05, 4.69) is 15.1 Å². The van der Waals surface area contributed by atoms with Gasteiger partial charge in [-0.3, -0.25) is 0 Å². The van der Waals surface area contributed by atoms with Crippen molar-refractivity contribution in [3.63, 3.8) is 0 Å². The zero-order chi connectivity index (χ0) is 20.7. The Labute approximate surface area is 165 Å². The Balaban J connectivity index is 1.81. The minimum absolute atomic E-state index is 0.0316. The molecule has 1 aromatic carbocycles. The highest BCUT2D eigenvalue weighted by Gasteiger charge is 2.27. The van der Waals surface area contributed by atoms with Crippen molar-refractivity contribution in [2.75, 3.05) is 5.73 Å². The lowest BCUT2D eigenvalue weighted by molar-refractivity contribution is 0.0567. The third-order valence-corrected chi connectivity index (χ3v) is 4.91. The number of halogens is 2. The number of benzene rings is 1. The molecule has 150 valence electrons. The molecular weight excluding hydrogens is 380 g/mol. The van der Waals surface area contributed by atoms with Crippen LogP contribution in [0.1, 0.15) is 58.1 Å². The first-order valence-electron chi connectivity index (χ1n) is 9.15. The molecule has 0 spiro atoms. The summed E-state index contributed by atoms with van der Waals surface area (Å²) in [6, 6.07) is 6.64. The Morgan fingerprint density at radius 1 is 1.28 bits per heavy atom. The number of carboxylic acids is 1. The van der Waals surface area contributed by atoms with Crippen molar-refractivity contribution >= 4 is 11.9 Å². The average Bonchev–Trinajstić information content (AvgIpc) is 3.40. The number of aromatic nitrogens is 4. The number of aryl methyl sites for hydroxylation is 1. The van der Waals surface area contributed by atoms with Crippen molar-refractivity contribution in [3.8, 4) is 11.4 Å². The summed E-state index contributed by atoms with van der Waals surface area (Å²) in [6.07, 6.45) is 3.60. The van der Waals surface area contributed by atoms with Crippen LogP contribution < -0.4 is 5.73 Å². The summed E-state index contributed by atoms with van der Waals surface area (Å²) in [5.74, 6) is -0.626. The fourth-order valence-corrected chi connectivity index (χ4v) is 3.48. The van der Waals surface area contributed by atoms with Crippen LogP contribution in [0.15, 0.2) is 30.5 Å². The van der Waals surface area contributed by atoms with Gasteiger partial charge in [0.1, 0.15) is 5.69 Å². The number of alkyl halides is 2. The van der Waals surface area contributed by atoms with Crippen LogP contribution in [0.4, 0.5) is 14.7 Å². The predicted molar refractivity (Wildman–Crippen MR) is 102 cm³/mol. The first-order chi connectivity index (χ1) is 13.8. The summed E-state index contributed by atoms with van der Waals surface area (Å²) in [5.41, 5.74) is 9.47. The summed E-state index contributed by atoms with van der Waals surface area (Å²) < 4.78 is 27.2. The summed E-state index contributed by atoms with van der Waals surface area (Å²) in [7, 11) is 0. The van der Waals surface area contributed by atoms with Crippen LogP contribution in [0.25, 0.3) is 11.4 Å². The minimum Gasteiger partial charge on any atom is -0.478 e. The Morgan fingerprint density at radius 3 is 2.66 bits per heavy atom. The van der Waals surface area contributed by atoms with Crippen LogP contribution in [0, 0.1) is 6.92 Å². The van der Waals surface area contributed by atoms with Gasteiger partial charge < -0.3 is 10.8 Å². The van der Waals surface area contributed by atoms with Crippen molar-refractivity contribution < 1.29 is 18.7 Å². The zero-order valence-corrected chi connectivity index (χ0v) is 15.6. The van der Waals surface area contributed by atoms with Gasteiger partial charge in [-0.25, -0.2) is 19.4 Å². The van der Waals surface area contributed by atoms with Crippen LogP contribution in [0.2, 0.25) is 0 Å². The van der Waals surface area contributed by atoms with E-state index >= 15 is 0 Å². The maximum absolute atomic E-state index is 13.3. The van der Waals surface area contributed by atoms with Gasteiger partial charge in [0.2, 0.25) is 5.95 Å². The maximum atomic E-state index is 13.3. The van der Waals surface area contributed by atoms with E-state index in [0.717, 1.165) is 24.0 Å². The Hall–Kier alpha value is -3.36. The normalized spacial score (nSPS) is 13.8. The molecule has 3 N–H and O–H groups in total. The number of carbonyl (C=O) groups is 1.